The van der Waals surface area contributed by atoms with Crippen molar-refractivity contribution in [1.29, 1.82) is 0 Å². The predicted octanol–water partition coefficient (Wildman–Crippen LogP) is 5.15. The third-order valence-corrected chi connectivity index (χ3v) is 8.20. The lowest BCUT2D eigenvalue weighted by molar-refractivity contribution is -0.154. The summed E-state index contributed by atoms with van der Waals surface area (Å²) in [5.74, 6) is -1.40. The SMILES string of the molecule is CC(=CI)[C@@H]1CC=C(CI)CCC[C@H](C)[C@H](O)[C@@H](C)C(=O)C(C)(C)[C@@H](O)CC(=O)O1. The van der Waals surface area contributed by atoms with Crippen molar-refractivity contribution in [2.45, 2.75) is 85.0 Å². The van der Waals surface area contributed by atoms with Gasteiger partial charge in [-0.2, -0.15) is 0 Å². The first-order valence-corrected chi connectivity index (χ1v) is 13.3. The minimum atomic E-state index is -1.18. The Morgan fingerprint density at radius 2 is 1.93 bits per heavy atom. The van der Waals surface area contributed by atoms with Gasteiger partial charge in [-0.3, -0.25) is 9.59 Å². The van der Waals surface area contributed by atoms with Crippen LogP contribution in [0.3, 0.4) is 0 Å². The van der Waals surface area contributed by atoms with Gasteiger partial charge in [0.25, 0.3) is 0 Å². The Labute approximate surface area is 208 Å². The van der Waals surface area contributed by atoms with Gasteiger partial charge in [-0.05, 0) is 41.8 Å². The van der Waals surface area contributed by atoms with E-state index in [2.05, 4.69) is 51.3 Å². The molecule has 0 radical (unpaired) electrons. The molecule has 0 aromatic rings. The summed E-state index contributed by atoms with van der Waals surface area (Å²) in [4.78, 5) is 25.6. The molecule has 7 heteroatoms. The second kappa shape index (κ2) is 12.9. The average molecular weight is 646 g/mol. The second-order valence-corrected chi connectivity index (χ2v) is 10.4. The summed E-state index contributed by atoms with van der Waals surface area (Å²) < 4.78 is 8.48. The van der Waals surface area contributed by atoms with Gasteiger partial charge in [-0.25, -0.2) is 0 Å². The number of carbonyl (C=O) groups is 2. The topological polar surface area (TPSA) is 83.8 Å². The van der Waals surface area contributed by atoms with E-state index in [1.807, 2.05) is 17.9 Å². The number of aliphatic hydroxyl groups is 2. The van der Waals surface area contributed by atoms with E-state index in [-0.39, 0.29) is 24.2 Å². The fourth-order valence-corrected chi connectivity index (χ4v) is 4.83. The lowest BCUT2D eigenvalue weighted by Gasteiger charge is -2.34. The van der Waals surface area contributed by atoms with Gasteiger partial charge in [0.15, 0.2) is 0 Å². The van der Waals surface area contributed by atoms with Crippen LogP contribution in [0.5, 0.6) is 0 Å². The molecule has 0 aliphatic carbocycles. The van der Waals surface area contributed by atoms with E-state index in [4.69, 9.17) is 4.74 Å². The number of alkyl halides is 1. The lowest BCUT2D eigenvalue weighted by Crippen LogP contribution is -2.45. The number of aliphatic hydroxyl groups excluding tert-OH is 2. The van der Waals surface area contributed by atoms with Crippen LogP contribution in [0.1, 0.15) is 66.7 Å². The van der Waals surface area contributed by atoms with Crippen molar-refractivity contribution in [2.75, 3.05) is 4.43 Å². The zero-order chi connectivity index (χ0) is 23.1. The fraction of sp³-hybridized carbons (Fsp3) is 0.739. The molecule has 0 aromatic heterocycles. The molecule has 172 valence electrons. The number of ether oxygens (including phenoxy) is 1. The van der Waals surface area contributed by atoms with Crippen LogP contribution in [-0.4, -0.2) is 44.7 Å². The summed E-state index contributed by atoms with van der Waals surface area (Å²) in [6.07, 6.45) is 2.79. The summed E-state index contributed by atoms with van der Waals surface area (Å²) in [5.41, 5.74) is 1.08. The van der Waals surface area contributed by atoms with Crippen molar-refractivity contribution in [3.05, 3.63) is 21.3 Å². The third kappa shape index (κ3) is 7.85. The van der Waals surface area contributed by atoms with E-state index >= 15 is 0 Å². The molecule has 0 spiro atoms. The maximum absolute atomic E-state index is 13.1. The van der Waals surface area contributed by atoms with Crippen molar-refractivity contribution in [2.24, 2.45) is 17.3 Å². The Kier molecular flexibility index (Phi) is 12.0. The molecule has 0 saturated heterocycles. The summed E-state index contributed by atoms with van der Waals surface area (Å²) in [6.45, 7) is 8.87. The van der Waals surface area contributed by atoms with Gasteiger partial charge in [-0.15, -0.1) is 0 Å². The van der Waals surface area contributed by atoms with Crippen molar-refractivity contribution in [1.82, 2.24) is 0 Å². The number of ketones is 1. The number of carbonyl (C=O) groups excluding carboxylic acids is 2. The van der Waals surface area contributed by atoms with E-state index in [9.17, 15) is 19.8 Å². The van der Waals surface area contributed by atoms with Crippen molar-refractivity contribution >= 4 is 56.9 Å². The minimum Gasteiger partial charge on any atom is -0.457 e. The Morgan fingerprint density at radius 3 is 2.50 bits per heavy atom. The molecule has 30 heavy (non-hydrogen) atoms. The number of Topliss-reactive ketones (excluding diaryl/α,β-unsaturated/α-hetero) is 1. The van der Waals surface area contributed by atoms with Crippen molar-refractivity contribution in [3.8, 4) is 0 Å². The largest absolute Gasteiger partial charge is 0.457 e. The zero-order valence-electron chi connectivity index (χ0n) is 18.7. The molecule has 0 aromatic carbocycles. The van der Waals surface area contributed by atoms with E-state index in [0.717, 1.165) is 29.3 Å². The average Bonchev–Trinajstić information content (AvgIpc) is 2.71. The number of rotatable bonds is 2. The third-order valence-electron chi connectivity index (χ3n) is 6.24. The van der Waals surface area contributed by atoms with Gasteiger partial charge in [-0.1, -0.05) is 84.5 Å². The molecule has 0 unspecified atom stereocenters. The summed E-state index contributed by atoms with van der Waals surface area (Å²) in [7, 11) is 0. The maximum atomic E-state index is 13.1. The van der Waals surface area contributed by atoms with Crippen LogP contribution < -0.4 is 0 Å². The van der Waals surface area contributed by atoms with Crippen molar-refractivity contribution < 1.29 is 24.5 Å². The monoisotopic (exact) mass is 646 g/mol. The highest BCUT2D eigenvalue weighted by Gasteiger charge is 2.42. The smallest absolute Gasteiger partial charge is 0.309 e. The second-order valence-electron chi connectivity index (χ2n) is 9.02. The molecular formula is C23H36I2O5. The number of esters is 1. The summed E-state index contributed by atoms with van der Waals surface area (Å²) in [5, 5.41) is 21.4. The van der Waals surface area contributed by atoms with Crippen LogP contribution in [0.4, 0.5) is 0 Å². The molecule has 0 saturated carbocycles. The first kappa shape index (κ1) is 28.0. The molecule has 1 aliphatic rings. The normalized spacial score (nSPS) is 33.0. The van der Waals surface area contributed by atoms with E-state index in [0.29, 0.717) is 6.42 Å². The minimum absolute atomic E-state index is 0.0258. The molecule has 1 heterocycles. The Bertz CT molecular complexity index is 656. The zero-order valence-corrected chi connectivity index (χ0v) is 23.0. The number of halogens is 2. The van der Waals surface area contributed by atoms with Crippen LogP contribution in [-0.2, 0) is 14.3 Å². The van der Waals surface area contributed by atoms with Gasteiger partial charge in [0.1, 0.15) is 11.9 Å². The molecular weight excluding hydrogens is 610 g/mol. The fourth-order valence-electron chi connectivity index (χ4n) is 3.73. The van der Waals surface area contributed by atoms with Crippen LogP contribution in [0, 0.1) is 17.3 Å². The van der Waals surface area contributed by atoms with Gasteiger partial charge < -0.3 is 14.9 Å². The van der Waals surface area contributed by atoms with Crippen LogP contribution in [0.25, 0.3) is 0 Å². The number of hydrogen-bond acceptors (Lipinski definition) is 5. The molecule has 0 amide bonds. The summed E-state index contributed by atoms with van der Waals surface area (Å²) in [6, 6.07) is 0. The van der Waals surface area contributed by atoms with E-state index < -0.39 is 29.5 Å². The van der Waals surface area contributed by atoms with Crippen LogP contribution in [0.2, 0.25) is 0 Å². The Hall–Kier alpha value is -0.000000000000000222. The maximum Gasteiger partial charge on any atom is 0.309 e. The highest BCUT2D eigenvalue weighted by molar-refractivity contribution is 14.1. The molecule has 2 N–H and O–H groups in total. The highest BCUT2D eigenvalue weighted by Crippen LogP contribution is 2.32. The van der Waals surface area contributed by atoms with Gasteiger partial charge in [0.05, 0.1) is 24.0 Å². The molecule has 1 aliphatic heterocycles. The van der Waals surface area contributed by atoms with Crippen LogP contribution >= 0.6 is 45.2 Å². The van der Waals surface area contributed by atoms with E-state index in [1.165, 1.54) is 5.57 Å². The summed E-state index contributed by atoms with van der Waals surface area (Å²) >= 11 is 4.48. The highest BCUT2D eigenvalue weighted by atomic mass is 127. The predicted molar refractivity (Wildman–Crippen MR) is 137 cm³/mol. The van der Waals surface area contributed by atoms with Crippen LogP contribution in [0.15, 0.2) is 21.3 Å². The molecule has 5 nitrogen and oxygen atoms in total. The first-order chi connectivity index (χ1) is 13.9. The molecule has 5 atom stereocenters. The number of cyclic esters (lactones) is 1. The first-order valence-electron chi connectivity index (χ1n) is 10.6. The standard InChI is InChI=1S/C23H36I2O5/c1-14-7-6-8-17(13-25)9-10-18(15(2)12-24)30-20(27)11-19(26)23(4,5)22(29)16(3)21(14)28/h9,12,14,16,18-19,21,26,28H,6-8,10-11,13H2,1-5H3/t14-,16+,18-,19-,21-/m0/s1. The van der Waals surface area contributed by atoms with E-state index in [1.54, 1.807) is 20.8 Å². The van der Waals surface area contributed by atoms with Crippen molar-refractivity contribution in [3.63, 3.8) is 0 Å². The quantitative estimate of drug-likeness (QED) is 0.188. The number of hydrogen-bond donors (Lipinski definition) is 2. The van der Waals surface area contributed by atoms with Gasteiger partial charge in [0.2, 0.25) is 0 Å². The molecule has 1 rings (SSSR count). The Balaban J connectivity index is 3.22. The Morgan fingerprint density at radius 1 is 1.30 bits per heavy atom. The van der Waals surface area contributed by atoms with Gasteiger partial charge in [0, 0.05) is 16.8 Å². The number of allylic oxidation sites excluding steroid dienone is 1. The molecule has 0 fully saturated rings. The lowest BCUT2D eigenvalue weighted by atomic mass is 9.73. The van der Waals surface area contributed by atoms with Gasteiger partial charge >= 0.3 is 5.97 Å². The molecule has 0 bridgehead atoms.